The number of aryl methyl sites for hydroxylation is 1. The van der Waals surface area contributed by atoms with Crippen LogP contribution in [0.2, 0.25) is 0 Å². The highest BCUT2D eigenvalue weighted by molar-refractivity contribution is 5.85. The summed E-state index contributed by atoms with van der Waals surface area (Å²) < 4.78 is 2.04. The van der Waals surface area contributed by atoms with Crippen LogP contribution in [-0.2, 0) is 0 Å². The summed E-state index contributed by atoms with van der Waals surface area (Å²) in [6, 6.07) is 22.7. The molecule has 2 aromatic carbocycles. The van der Waals surface area contributed by atoms with Crippen LogP contribution >= 0.6 is 0 Å². The van der Waals surface area contributed by atoms with Crippen molar-refractivity contribution >= 4 is 22.5 Å². The molecular weight excluding hydrogens is 308 g/mol. The van der Waals surface area contributed by atoms with E-state index < -0.39 is 0 Å². The van der Waals surface area contributed by atoms with Crippen molar-refractivity contribution in [1.82, 2.24) is 9.38 Å². The van der Waals surface area contributed by atoms with E-state index in [0.717, 1.165) is 22.4 Å². The molecule has 0 spiro atoms. The molecule has 0 aliphatic heterocycles. The molecule has 2 aromatic heterocycles. The maximum atomic E-state index is 9.57. The van der Waals surface area contributed by atoms with Crippen LogP contribution in [-0.4, -0.2) is 9.38 Å². The van der Waals surface area contributed by atoms with Gasteiger partial charge in [0.25, 0.3) is 0 Å². The van der Waals surface area contributed by atoms with E-state index in [4.69, 9.17) is 0 Å². The minimum atomic E-state index is 0.137. The summed E-state index contributed by atoms with van der Waals surface area (Å²) in [7, 11) is 0. The van der Waals surface area contributed by atoms with Crippen LogP contribution in [0.25, 0.3) is 16.7 Å². The third-order valence-corrected chi connectivity index (χ3v) is 4.55. The van der Waals surface area contributed by atoms with Gasteiger partial charge in [0.2, 0.25) is 0 Å². The zero-order valence-corrected chi connectivity index (χ0v) is 14.2. The molecule has 4 heteroatoms. The van der Waals surface area contributed by atoms with E-state index in [1.807, 2.05) is 59.9 Å². The number of rotatable bonds is 3. The number of benzene rings is 2. The number of nitrogens with one attached hydrogen (secondary N) is 1. The second kappa shape index (κ2) is 5.95. The molecule has 0 unspecified atom stereocenters. The van der Waals surface area contributed by atoms with Gasteiger partial charge in [-0.05, 0) is 43.2 Å². The summed E-state index contributed by atoms with van der Waals surface area (Å²) in [6.07, 6.45) is 0. The Morgan fingerprint density at radius 2 is 1.80 bits per heavy atom. The Balaban J connectivity index is 1.93. The van der Waals surface area contributed by atoms with Crippen molar-refractivity contribution < 1.29 is 0 Å². The first-order valence-electron chi connectivity index (χ1n) is 8.31. The number of hydrogen-bond acceptors (Lipinski definition) is 3. The van der Waals surface area contributed by atoms with Crippen molar-refractivity contribution in [2.45, 2.75) is 19.9 Å². The van der Waals surface area contributed by atoms with Gasteiger partial charge in [0, 0.05) is 6.04 Å². The summed E-state index contributed by atoms with van der Waals surface area (Å²) >= 11 is 0. The molecule has 0 saturated heterocycles. The highest BCUT2D eigenvalue weighted by Gasteiger charge is 2.16. The Morgan fingerprint density at radius 1 is 1.08 bits per heavy atom. The molecular formula is C21H18N4. The van der Waals surface area contributed by atoms with E-state index in [0.29, 0.717) is 11.2 Å². The number of nitrogens with zero attached hydrogens (tertiary/aromatic N) is 3. The smallest absolute Gasteiger partial charge is 0.157 e. The number of fused-ring (bicyclic) bond motifs is 3. The van der Waals surface area contributed by atoms with Crippen molar-refractivity contribution in [3.05, 3.63) is 77.4 Å². The minimum absolute atomic E-state index is 0.137. The second-order valence-electron chi connectivity index (χ2n) is 6.24. The summed E-state index contributed by atoms with van der Waals surface area (Å²) in [5.74, 6) is 0.941. The molecule has 1 atom stereocenters. The van der Waals surface area contributed by atoms with Crippen LogP contribution in [0.3, 0.4) is 0 Å². The van der Waals surface area contributed by atoms with Gasteiger partial charge in [0.1, 0.15) is 11.9 Å². The van der Waals surface area contributed by atoms with Crippen molar-refractivity contribution in [3.63, 3.8) is 0 Å². The Labute approximate surface area is 146 Å². The quantitative estimate of drug-likeness (QED) is 0.586. The highest BCUT2D eigenvalue weighted by atomic mass is 15.1. The number of nitriles is 1. The van der Waals surface area contributed by atoms with Crippen molar-refractivity contribution in [3.8, 4) is 6.07 Å². The van der Waals surface area contributed by atoms with Crippen molar-refractivity contribution in [2.75, 3.05) is 5.32 Å². The van der Waals surface area contributed by atoms with E-state index in [2.05, 4.69) is 35.4 Å². The molecule has 0 radical (unpaired) electrons. The normalized spacial score (nSPS) is 12.2. The fourth-order valence-corrected chi connectivity index (χ4v) is 3.25. The Bertz CT molecular complexity index is 1100. The molecule has 0 bridgehead atoms. The first-order chi connectivity index (χ1) is 12.2. The SMILES string of the molecule is Cc1cc(N[C@H](C)c2ccccc2)n2c(nc3ccccc32)c1C#N. The van der Waals surface area contributed by atoms with Crippen LogP contribution in [0.1, 0.15) is 29.7 Å². The Kier molecular flexibility index (Phi) is 3.62. The predicted molar refractivity (Wildman–Crippen MR) is 101 cm³/mol. The average molecular weight is 326 g/mol. The number of aromatic nitrogens is 2. The van der Waals surface area contributed by atoms with Gasteiger partial charge in [-0.25, -0.2) is 4.98 Å². The molecule has 122 valence electrons. The molecule has 1 N–H and O–H groups in total. The number of imidazole rings is 1. The van der Waals surface area contributed by atoms with Crippen LogP contribution in [0.5, 0.6) is 0 Å². The van der Waals surface area contributed by atoms with Crippen molar-refractivity contribution in [1.29, 1.82) is 5.26 Å². The van der Waals surface area contributed by atoms with Gasteiger partial charge in [-0.2, -0.15) is 5.26 Å². The molecule has 4 rings (SSSR count). The molecule has 4 aromatic rings. The van der Waals surface area contributed by atoms with Gasteiger partial charge in [-0.3, -0.25) is 4.40 Å². The molecule has 0 fully saturated rings. The van der Waals surface area contributed by atoms with Crippen LogP contribution in [0.4, 0.5) is 5.82 Å². The summed E-state index contributed by atoms with van der Waals surface area (Å²) in [5.41, 5.74) is 5.34. The summed E-state index contributed by atoms with van der Waals surface area (Å²) in [4.78, 5) is 4.69. The van der Waals surface area contributed by atoms with Gasteiger partial charge in [0.15, 0.2) is 5.65 Å². The monoisotopic (exact) mass is 326 g/mol. The standard InChI is InChI=1S/C21H18N4/c1-14-12-20(23-15(2)16-8-4-3-5-9-16)25-19-11-7-6-10-18(19)24-21(25)17(14)13-22/h3-12,15,23H,1-2H3/t15-/m1/s1. The first-order valence-corrected chi connectivity index (χ1v) is 8.31. The van der Waals surface area contributed by atoms with Gasteiger partial charge in [-0.1, -0.05) is 42.5 Å². The topological polar surface area (TPSA) is 53.1 Å². The lowest BCUT2D eigenvalue weighted by molar-refractivity contribution is 0.870. The minimum Gasteiger partial charge on any atom is -0.365 e. The maximum Gasteiger partial charge on any atom is 0.157 e. The fraction of sp³-hybridized carbons (Fsp3) is 0.143. The van der Waals surface area contributed by atoms with E-state index in [9.17, 15) is 5.26 Å². The number of pyridine rings is 1. The molecule has 25 heavy (non-hydrogen) atoms. The van der Waals surface area contributed by atoms with Gasteiger partial charge < -0.3 is 5.32 Å². The largest absolute Gasteiger partial charge is 0.365 e. The second-order valence-corrected chi connectivity index (χ2v) is 6.24. The van der Waals surface area contributed by atoms with Crippen molar-refractivity contribution in [2.24, 2.45) is 0 Å². The number of hydrogen-bond donors (Lipinski definition) is 1. The molecule has 0 aliphatic rings. The lowest BCUT2D eigenvalue weighted by Crippen LogP contribution is -2.10. The third kappa shape index (κ3) is 2.50. The van der Waals surface area contributed by atoms with Crippen LogP contribution in [0, 0.1) is 18.3 Å². The summed E-state index contributed by atoms with van der Waals surface area (Å²) in [6.45, 7) is 4.09. The highest BCUT2D eigenvalue weighted by Crippen LogP contribution is 2.28. The third-order valence-electron chi connectivity index (χ3n) is 4.55. The van der Waals surface area contributed by atoms with Crippen LogP contribution < -0.4 is 5.32 Å². The maximum absolute atomic E-state index is 9.57. The van der Waals surface area contributed by atoms with Gasteiger partial charge in [-0.15, -0.1) is 0 Å². The summed E-state index contributed by atoms with van der Waals surface area (Å²) in [5, 5.41) is 13.2. The molecule has 0 amide bonds. The molecule has 2 heterocycles. The number of anilines is 1. The van der Waals surface area contributed by atoms with Crippen LogP contribution in [0.15, 0.2) is 60.7 Å². The van der Waals surface area contributed by atoms with E-state index >= 15 is 0 Å². The van der Waals surface area contributed by atoms with Gasteiger partial charge in [0.05, 0.1) is 16.6 Å². The number of para-hydroxylation sites is 2. The van der Waals surface area contributed by atoms with E-state index in [1.54, 1.807) is 0 Å². The zero-order valence-electron chi connectivity index (χ0n) is 14.2. The zero-order chi connectivity index (χ0) is 17.4. The Morgan fingerprint density at radius 3 is 2.56 bits per heavy atom. The lowest BCUT2D eigenvalue weighted by atomic mass is 10.1. The molecule has 0 saturated carbocycles. The fourth-order valence-electron chi connectivity index (χ4n) is 3.25. The Hall–Kier alpha value is -3.32. The lowest BCUT2D eigenvalue weighted by Gasteiger charge is -2.18. The van der Waals surface area contributed by atoms with Gasteiger partial charge >= 0.3 is 0 Å². The molecule has 0 aliphatic carbocycles. The molecule has 4 nitrogen and oxygen atoms in total. The van der Waals surface area contributed by atoms with E-state index in [1.165, 1.54) is 5.56 Å². The first kappa shape index (κ1) is 15.2. The van der Waals surface area contributed by atoms with E-state index in [-0.39, 0.29) is 6.04 Å². The average Bonchev–Trinajstić information content (AvgIpc) is 3.02. The predicted octanol–water partition coefficient (Wildman–Crippen LogP) is 4.84.